The third-order valence-electron chi connectivity index (χ3n) is 2.26. The summed E-state index contributed by atoms with van der Waals surface area (Å²) in [6.07, 6.45) is 0.338. The van der Waals surface area contributed by atoms with Gasteiger partial charge in [-0.3, -0.25) is 4.79 Å². The average Bonchev–Trinajstić information content (AvgIpc) is 2.23. The fourth-order valence-electron chi connectivity index (χ4n) is 1.56. The fraction of sp³-hybridized carbons (Fsp3) is 0.182. The second kappa shape index (κ2) is 3.27. The highest BCUT2D eigenvalue weighted by Crippen LogP contribution is 2.26. The highest BCUT2D eigenvalue weighted by Gasteiger charge is 2.25. The summed E-state index contributed by atoms with van der Waals surface area (Å²) < 4.78 is 5.09. The van der Waals surface area contributed by atoms with Crippen molar-refractivity contribution in [2.75, 3.05) is 7.11 Å². The van der Waals surface area contributed by atoms with E-state index in [0.717, 1.165) is 5.56 Å². The van der Waals surface area contributed by atoms with Crippen LogP contribution in [0.15, 0.2) is 30.3 Å². The molecule has 0 aromatic heterocycles. The predicted octanol–water partition coefficient (Wildman–Crippen LogP) is 1.23. The van der Waals surface area contributed by atoms with Crippen molar-refractivity contribution in [1.82, 2.24) is 0 Å². The first-order valence-electron chi connectivity index (χ1n) is 4.31. The standard InChI is InChI=1S/C11H10O3/c1-14-10-6-9(12)11(13)8-5-3-2-4-7(8)10/h2-6,9,12H,1H3. The SMILES string of the molecule is COC1=CC(O)C(=O)c2ccccc21. The Kier molecular flexibility index (Phi) is 2.09. The van der Waals surface area contributed by atoms with E-state index in [-0.39, 0.29) is 5.78 Å². The summed E-state index contributed by atoms with van der Waals surface area (Å²) >= 11 is 0. The molecule has 0 saturated heterocycles. The number of ether oxygens (including phenoxy) is 1. The Hall–Kier alpha value is -1.61. The number of methoxy groups -OCH3 is 1. The van der Waals surface area contributed by atoms with Crippen molar-refractivity contribution < 1.29 is 14.6 Å². The van der Waals surface area contributed by atoms with Gasteiger partial charge in [-0.05, 0) is 6.08 Å². The van der Waals surface area contributed by atoms with Gasteiger partial charge in [0.05, 0.1) is 7.11 Å². The normalized spacial score (nSPS) is 20.0. The smallest absolute Gasteiger partial charge is 0.196 e. The first-order chi connectivity index (χ1) is 6.74. The fourth-order valence-corrected chi connectivity index (χ4v) is 1.56. The molecule has 3 heteroatoms. The number of aliphatic hydroxyl groups is 1. The number of hydrogen-bond acceptors (Lipinski definition) is 3. The van der Waals surface area contributed by atoms with Gasteiger partial charge in [0.25, 0.3) is 0 Å². The molecule has 0 bridgehead atoms. The van der Waals surface area contributed by atoms with Crippen LogP contribution in [-0.2, 0) is 4.74 Å². The van der Waals surface area contributed by atoms with Gasteiger partial charge in [-0.15, -0.1) is 0 Å². The largest absolute Gasteiger partial charge is 0.496 e. The number of aliphatic hydroxyl groups excluding tert-OH is 1. The zero-order chi connectivity index (χ0) is 10.1. The van der Waals surface area contributed by atoms with Gasteiger partial charge in [0.2, 0.25) is 0 Å². The molecule has 14 heavy (non-hydrogen) atoms. The predicted molar refractivity (Wildman–Crippen MR) is 51.8 cm³/mol. The van der Waals surface area contributed by atoms with E-state index in [1.807, 2.05) is 6.07 Å². The molecule has 3 nitrogen and oxygen atoms in total. The van der Waals surface area contributed by atoms with Crippen molar-refractivity contribution in [3.8, 4) is 0 Å². The molecule has 1 aliphatic rings. The van der Waals surface area contributed by atoms with E-state index in [2.05, 4.69) is 0 Å². The molecule has 1 unspecified atom stereocenters. The maximum absolute atomic E-state index is 11.5. The van der Waals surface area contributed by atoms with Crippen molar-refractivity contribution in [3.05, 3.63) is 41.5 Å². The summed E-state index contributed by atoms with van der Waals surface area (Å²) in [6, 6.07) is 7.08. The first-order valence-corrected chi connectivity index (χ1v) is 4.31. The number of benzene rings is 1. The van der Waals surface area contributed by atoms with E-state index >= 15 is 0 Å². The lowest BCUT2D eigenvalue weighted by Crippen LogP contribution is -2.23. The first kappa shape index (κ1) is 8.97. The topological polar surface area (TPSA) is 46.5 Å². The summed E-state index contributed by atoms with van der Waals surface area (Å²) in [7, 11) is 1.52. The van der Waals surface area contributed by atoms with Gasteiger partial charge in [-0.2, -0.15) is 0 Å². The molecular weight excluding hydrogens is 180 g/mol. The van der Waals surface area contributed by atoms with Crippen LogP contribution in [0.3, 0.4) is 0 Å². The number of ketones is 1. The van der Waals surface area contributed by atoms with Crippen molar-refractivity contribution in [1.29, 1.82) is 0 Å². The Morgan fingerprint density at radius 1 is 1.29 bits per heavy atom. The molecule has 72 valence electrons. The highest BCUT2D eigenvalue weighted by molar-refractivity contribution is 6.07. The van der Waals surface area contributed by atoms with Crippen molar-refractivity contribution >= 4 is 11.5 Å². The van der Waals surface area contributed by atoms with E-state index < -0.39 is 6.10 Å². The molecule has 0 radical (unpaired) electrons. The van der Waals surface area contributed by atoms with Crippen LogP contribution < -0.4 is 0 Å². The Bertz CT molecular complexity index is 407. The minimum absolute atomic E-state index is 0.276. The number of rotatable bonds is 1. The van der Waals surface area contributed by atoms with E-state index in [9.17, 15) is 9.90 Å². The van der Waals surface area contributed by atoms with Crippen LogP contribution in [0.5, 0.6) is 0 Å². The number of hydrogen-bond donors (Lipinski definition) is 1. The Morgan fingerprint density at radius 2 is 1.93 bits per heavy atom. The number of fused-ring (bicyclic) bond motifs is 1. The van der Waals surface area contributed by atoms with E-state index in [0.29, 0.717) is 11.3 Å². The van der Waals surface area contributed by atoms with E-state index in [1.165, 1.54) is 13.2 Å². The van der Waals surface area contributed by atoms with Gasteiger partial charge in [-0.25, -0.2) is 0 Å². The molecule has 0 spiro atoms. The molecule has 0 heterocycles. The molecule has 1 aromatic rings. The van der Waals surface area contributed by atoms with Gasteiger partial charge >= 0.3 is 0 Å². The minimum atomic E-state index is -1.08. The zero-order valence-electron chi connectivity index (χ0n) is 7.73. The summed E-state index contributed by atoms with van der Waals surface area (Å²) in [4.78, 5) is 11.5. The molecule has 1 N–H and O–H groups in total. The Balaban J connectivity index is 2.60. The van der Waals surface area contributed by atoms with Crippen LogP contribution >= 0.6 is 0 Å². The Labute approximate surface area is 81.6 Å². The van der Waals surface area contributed by atoms with Gasteiger partial charge in [0, 0.05) is 11.1 Å². The van der Waals surface area contributed by atoms with Crippen LogP contribution in [-0.4, -0.2) is 24.1 Å². The molecule has 0 aliphatic heterocycles. The van der Waals surface area contributed by atoms with Crippen molar-refractivity contribution in [2.45, 2.75) is 6.10 Å². The molecular formula is C11H10O3. The van der Waals surface area contributed by atoms with Crippen LogP contribution in [0.2, 0.25) is 0 Å². The third kappa shape index (κ3) is 1.22. The van der Waals surface area contributed by atoms with Crippen LogP contribution in [0.4, 0.5) is 0 Å². The maximum Gasteiger partial charge on any atom is 0.196 e. The molecule has 1 aromatic carbocycles. The van der Waals surface area contributed by atoms with Gasteiger partial charge in [-0.1, -0.05) is 24.3 Å². The van der Waals surface area contributed by atoms with Crippen LogP contribution in [0.1, 0.15) is 15.9 Å². The van der Waals surface area contributed by atoms with Crippen molar-refractivity contribution in [2.24, 2.45) is 0 Å². The summed E-state index contributed by atoms with van der Waals surface area (Å²) in [6.45, 7) is 0. The van der Waals surface area contributed by atoms with Crippen LogP contribution in [0.25, 0.3) is 5.76 Å². The van der Waals surface area contributed by atoms with Gasteiger partial charge < -0.3 is 9.84 Å². The quantitative estimate of drug-likeness (QED) is 0.724. The molecule has 0 fully saturated rings. The summed E-state index contributed by atoms with van der Waals surface area (Å²) in [5, 5.41) is 9.42. The van der Waals surface area contributed by atoms with Crippen molar-refractivity contribution in [3.63, 3.8) is 0 Å². The summed E-state index contributed by atoms with van der Waals surface area (Å²) in [5.41, 5.74) is 1.25. The van der Waals surface area contributed by atoms with Crippen LogP contribution in [0, 0.1) is 0 Å². The lowest BCUT2D eigenvalue weighted by Gasteiger charge is -2.18. The van der Waals surface area contributed by atoms with E-state index in [4.69, 9.17) is 4.74 Å². The number of Topliss-reactive ketones (excluding diaryl/α,β-unsaturated/α-hetero) is 1. The lowest BCUT2D eigenvalue weighted by atomic mass is 9.93. The minimum Gasteiger partial charge on any atom is -0.496 e. The monoisotopic (exact) mass is 190 g/mol. The second-order valence-corrected chi connectivity index (χ2v) is 3.09. The average molecular weight is 190 g/mol. The number of carbonyl (C=O) groups excluding carboxylic acids is 1. The number of carbonyl (C=O) groups is 1. The molecule has 1 atom stereocenters. The second-order valence-electron chi connectivity index (χ2n) is 3.09. The van der Waals surface area contributed by atoms with Gasteiger partial charge in [0.15, 0.2) is 5.78 Å². The zero-order valence-corrected chi connectivity index (χ0v) is 7.73. The molecule has 2 rings (SSSR count). The summed E-state index contributed by atoms with van der Waals surface area (Å²) in [5.74, 6) is 0.272. The van der Waals surface area contributed by atoms with Gasteiger partial charge in [0.1, 0.15) is 11.9 Å². The molecule has 1 aliphatic carbocycles. The third-order valence-corrected chi connectivity index (χ3v) is 2.26. The van der Waals surface area contributed by atoms with E-state index in [1.54, 1.807) is 18.2 Å². The maximum atomic E-state index is 11.5. The lowest BCUT2D eigenvalue weighted by molar-refractivity contribution is 0.0812. The molecule has 0 amide bonds. The highest BCUT2D eigenvalue weighted by atomic mass is 16.5. The Morgan fingerprint density at radius 3 is 2.57 bits per heavy atom. The molecule has 0 saturated carbocycles.